The topological polar surface area (TPSA) is 72.9 Å². The van der Waals surface area contributed by atoms with Crippen molar-refractivity contribution in [1.29, 1.82) is 0 Å². The van der Waals surface area contributed by atoms with Crippen LogP contribution in [0, 0.1) is 5.82 Å². The van der Waals surface area contributed by atoms with Gasteiger partial charge in [0.2, 0.25) is 5.91 Å². The van der Waals surface area contributed by atoms with Gasteiger partial charge in [0.15, 0.2) is 0 Å². The molecule has 1 aliphatic rings. The summed E-state index contributed by atoms with van der Waals surface area (Å²) in [6.07, 6.45) is 0.176. The highest BCUT2D eigenvalue weighted by molar-refractivity contribution is 5.96. The van der Waals surface area contributed by atoms with E-state index in [4.69, 9.17) is 5.11 Å². The van der Waals surface area contributed by atoms with Gasteiger partial charge >= 0.3 is 6.03 Å². The van der Waals surface area contributed by atoms with Crippen molar-refractivity contribution in [3.63, 3.8) is 0 Å². The fraction of sp³-hybridized carbons (Fsp3) is 0.429. The maximum absolute atomic E-state index is 13.2. The summed E-state index contributed by atoms with van der Waals surface area (Å²) in [5, 5.41) is 11.5. The van der Waals surface area contributed by atoms with E-state index in [1.54, 1.807) is 19.2 Å². The van der Waals surface area contributed by atoms with Crippen LogP contribution in [0.3, 0.4) is 0 Å². The molecule has 1 heterocycles. The average Bonchev–Trinajstić information content (AvgIpc) is 2.79. The largest absolute Gasteiger partial charge is 0.395 e. The number of hydrogen-bond donors (Lipinski definition) is 2. The number of carbonyl (C=O) groups excluding carboxylic acids is 2. The fourth-order valence-corrected chi connectivity index (χ4v) is 2.23. The van der Waals surface area contributed by atoms with Crippen molar-refractivity contribution in [3.8, 4) is 0 Å². The Kier molecular flexibility index (Phi) is 4.74. The minimum absolute atomic E-state index is 0.122. The fourth-order valence-electron chi connectivity index (χ4n) is 2.23. The normalized spacial score (nSPS) is 18.0. The van der Waals surface area contributed by atoms with Crippen molar-refractivity contribution in [2.24, 2.45) is 0 Å². The molecule has 0 aliphatic carbocycles. The van der Waals surface area contributed by atoms with Gasteiger partial charge in [-0.1, -0.05) is 6.07 Å². The molecule has 1 saturated heterocycles. The minimum Gasteiger partial charge on any atom is -0.395 e. The molecule has 6 nitrogen and oxygen atoms in total. The van der Waals surface area contributed by atoms with Gasteiger partial charge in [-0.15, -0.1) is 0 Å². The van der Waals surface area contributed by atoms with E-state index < -0.39 is 5.82 Å². The van der Waals surface area contributed by atoms with Gasteiger partial charge in [-0.25, -0.2) is 9.18 Å². The smallest absolute Gasteiger partial charge is 0.317 e. The summed E-state index contributed by atoms with van der Waals surface area (Å²) in [4.78, 5) is 26.6. The number of carbonyl (C=O) groups is 2. The molecule has 1 aromatic rings. The van der Waals surface area contributed by atoms with Gasteiger partial charge in [0.25, 0.3) is 0 Å². The minimum atomic E-state index is -0.407. The van der Waals surface area contributed by atoms with Gasteiger partial charge in [-0.05, 0) is 18.2 Å². The van der Waals surface area contributed by atoms with Crippen molar-refractivity contribution >= 4 is 17.6 Å². The molecule has 0 bridgehead atoms. The van der Waals surface area contributed by atoms with E-state index in [9.17, 15) is 14.0 Å². The summed E-state index contributed by atoms with van der Waals surface area (Å²) >= 11 is 0. The number of aliphatic hydroxyl groups is 1. The molecule has 1 fully saturated rings. The van der Waals surface area contributed by atoms with Gasteiger partial charge in [0, 0.05) is 32.2 Å². The van der Waals surface area contributed by atoms with E-state index in [0.717, 1.165) is 0 Å². The predicted molar refractivity (Wildman–Crippen MR) is 75.4 cm³/mol. The van der Waals surface area contributed by atoms with Crippen LogP contribution in [0.25, 0.3) is 0 Å². The molecule has 2 rings (SSSR count). The van der Waals surface area contributed by atoms with Gasteiger partial charge in [0.1, 0.15) is 5.82 Å². The molecular weight excluding hydrogens is 277 g/mol. The number of rotatable bonds is 4. The van der Waals surface area contributed by atoms with Crippen LogP contribution in [0.5, 0.6) is 0 Å². The molecule has 1 atom stereocenters. The van der Waals surface area contributed by atoms with Crippen molar-refractivity contribution in [3.05, 3.63) is 30.1 Å². The third kappa shape index (κ3) is 3.69. The monoisotopic (exact) mass is 295 g/mol. The van der Waals surface area contributed by atoms with E-state index in [-0.39, 0.29) is 37.6 Å². The zero-order chi connectivity index (χ0) is 15.4. The molecule has 3 amide bonds. The summed E-state index contributed by atoms with van der Waals surface area (Å²) in [6.45, 7) is 0.407. The summed E-state index contributed by atoms with van der Waals surface area (Å²) in [5.41, 5.74) is 0.487. The molecule has 1 unspecified atom stereocenters. The Hall–Kier alpha value is -2.15. The van der Waals surface area contributed by atoms with Crippen LogP contribution >= 0.6 is 0 Å². The molecule has 114 valence electrons. The Bertz CT molecular complexity index is 538. The molecular formula is C14H18FN3O3. The summed E-state index contributed by atoms with van der Waals surface area (Å²) < 4.78 is 13.2. The molecule has 2 N–H and O–H groups in total. The summed E-state index contributed by atoms with van der Waals surface area (Å²) in [7, 11) is 1.56. The van der Waals surface area contributed by atoms with Crippen molar-refractivity contribution in [2.45, 2.75) is 12.5 Å². The van der Waals surface area contributed by atoms with Crippen molar-refractivity contribution < 1.29 is 19.1 Å². The second kappa shape index (κ2) is 6.53. The van der Waals surface area contributed by atoms with Crippen LogP contribution in [0.2, 0.25) is 0 Å². The number of anilines is 1. The highest BCUT2D eigenvalue weighted by Gasteiger charge is 2.32. The lowest BCUT2D eigenvalue weighted by atomic mass is 10.2. The van der Waals surface area contributed by atoms with Crippen LogP contribution in [0.4, 0.5) is 14.9 Å². The lowest BCUT2D eigenvalue weighted by Crippen LogP contribution is -2.45. The standard InChI is InChI=1S/C14H18FN3O3/c1-17(5-6-19)14(21)16-11-8-13(20)18(9-11)12-4-2-3-10(15)7-12/h2-4,7,11,19H,5-6,8-9H2,1H3,(H,16,21). The van der Waals surface area contributed by atoms with E-state index in [1.807, 2.05) is 0 Å². The Morgan fingerprint density at radius 1 is 1.57 bits per heavy atom. The highest BCUT2D eigenvalue weighted by atomic mass is 19.1. The molecule has 7 heteroatoms. The van der Waals surface area contributed by atoms with E-state index in [1.165, 1.54) is 21.9 Å². The van der Waals surface area contributed by atoms with Gasteiger partial charge in [-0.2, -0.15) is 0 Å². The zero-order valence-corrected chi connectivity index (χ0v) is 11.8. The molecule has 0 aromatic heterocycles. The number of likely N-dealkylation sites (N-methyl/N-ethyl adjacent to an activating group) is 1. The van der Waals surface area contributed by atoms with Crippen molar-refractivity contribution in [2.75, 3.05) is 31.6 Å². The third-order valence-corrected chi connectivity index (χ3v) is 3.35. The van der Waals surface area contributed by atoms with Crippen LogP contribution in [-0.2, 0) is 4.79 Å². The predicted octanol–water partition coefficient (Wildman–Crippen LogP) is 0.565. The zero-order valence-electron chi connectivity index (χ0n) is 11.8. The first-order chi connectivity index (χ1) is 10.0. The Morgan fingerprint density at radius 3 is 3.00 bits per heavy atom. The van der Waals surface area contributed by atoms with E-state index in [0.29, 0.717) is 12.2 Å². The summed E-state index contributed by atoms with van der Waals surface area (Å²) in [6, 6.07) is 5.13. The first-order valence-electron chi connectivity index (χ1n) is 6.69. The molecule has 1 aliphatic heterocycles. The number of nitrogens with zero attached hydrogens (tertiary/aromatic N) is 2. The van der Waals surface area contributed by atoms with Crippen LogP contribution in [0.1, 0.15) is 6.42 Å². The number of amides is 3. The maximum atomic E-state index is 13.2. The third-order valence-electron chi connectivity index (χ3n) is 3.35. The second-order valence-electron chi connectivity index (χ2n) is 4.98. The molecule has 21 heavy (non-hydrogen) atoms. The van der Waals surface area contributed by atoms with Gasteiger partial charge in [0.05, 0.1) is 12.6 Å². The first kappa shape index (κ1) is 15.2. The Balaban J connectivity index is 1.98. The number of halogens is 1. The molecule has 0 spiro atoms. The van der Waals surface area contributed by atoms with Crippen LogP contribution < -0.4 is 10.2 Å². The summed E-state index contributed by atoms with van der Waals surface area (Å²) in [5.74, 6) is -0.564. The second-order valence-corrected chi connectivity index (χ2v) is 4.98. The number of hydrogen-bond acceptors (Lipinski definition) is 3. The maximum Gasteiger partial charge on any atom is 0.317 e. The van der Waals surface area contributed by atoms with Crippen molar-refractivity contribution in [1.82, 2.24) is 10.2 Å². The lowest BCUT2D eigenvalue weighted by Gasteiger charge is -2.20. The van der Waals surface area contributed by atoms with Crippen LogP contribution in [-0.4, -0.2) is 54.7 Å². The van der Waals surface area contributed by atoms with E-state index in [2.05, 4.69) is 5.32 Å². The number of aliphatic hydroxyl groups excluding tert-OH is 1. The van der Waals surface area contributed by atoms with Crippen LogP contribution in [0.15, 0.2) is 24.3 Å². The van der Waals surface area contributed by atoms with E-state index >= 15 is 0 Å². The highest BCUT2D eigenvalue weighted by Crippen LogP contribution is 2.22. The quantitative estimate of drug-likeness (QED) is 0.852. The molecule has 0 saturated carbocycles. The Morgan fingerprint density at radius 2 is 2.33 bits per heavy atom. The molecule has 0 radical (unpaired) electrons. The van der Waals surface area contributed by atoms with Gasteiger partial charge in [-0.3, -0.25) is 4.79 Å². The molecule has 1 aromatic carbocycles. The number of urea groups is 1. The number of benzene rings is 1. The SMILES string of the molecule is CN(CCO)C(=O)NC1CC(=O)N(c2cccc(F)c2)C1. The van der Waals surface area contributed by atoms with Gasteiger partial charge < -0.3 is 20.2 Å². The number of nitrogens with one attached hydrogen (secondary N) is 1. The average molecular weight is 295 g/mol. The lowest BCUT2D eigenvalue weighted by molar-refractivity contribution is -0.117. The Labute approximate surface area is 122 Å². The first-order valence-corrected chi connectivity index (χ1v) is 6.69.